The minimum absolute atomic E-state index is 0.313. The summed E-state index contributed by atoms with van der Waals surface area (Å²) in [6.45, 7) is 7.38. The lowest BCUT2D eigenvalue weighted by Crippen LogP contribution is -2.46. The van der Waals surface area contributed by atoms with Crippen molar-refractivity contribution in [2.24, 2.45) is 23.7 Å². The molecule has 0 spiro atoms. The third-order valence-electron chi connectivity index (χ3n) is 6.48. The van der Waals surface area contributed by atoms with Crippen LogP contribution in [0.25, 0.3) is 0 Å². The van der Waals surface area contributed by atoms with Gasteiger partial charge >= 0.3 is 9.28 Å². The highest BCUT2D eigenvalue weighted by molar-refractivity contribution is 6.48. The molecule has 0 saturated heterocycles. The zero-order chi connectivity index (χ0) is 14.8. The van der Waals surface area contributed by atoms with Crippen LogP contribution in [-0.4, -0.2) is 23.5 Å². The smallest absolute Gasteiger partial charge is 0.327 e. The standard InChI is InChI=1S/C17H34O2Si/c1-13-8-6-9-15(12-13)16-10-7-11-17(3,14(16)2)20(18-4)19-5/h13-16,20H,6-12H2,1-5H3. The lowest BCUT2D eigenvalue weighted by Gasteiger charge is -2.50. The average molecular weight is 299 g/mol. The molecule has 2 nitrogen and oxygen atoms in total. The molecule has 0 aromatic rings. The SMILES string of the molecule is CO[SiH](OC)C1(C)CCCC(C2CCCC(C)C2)C1C. The minimum atomic E-state index is -1.55. The van der Waals surface area contributed by atoms with E-state index in [4.69, 9.17) is 8.85 Å². The van der Waals surface area contributed by atoms with Crippen LogP contribution >= 0.6 is 0 Å². The van der Waals surface area contributed by atoms with Crippen LogP contribution in [0.4, 0.5) is 0 Å². The fraction of sp³-hybridized carbons (Fsp3) is 1.00. The molecule has 5 atom stereocenters. The molecule has 0 N–H and O–H groups in total. The highest BCUT2D eigenvalue weighted by Gasteiger charge is 2.49. The van der Waals surface area contributed by atoms with E-state index < -0.39 is 9.28 Å². The number of rotatable bonds is 4. The molecule has 2 aliphatic carbocycles. The summed E-state index contributed by atoms with van der Waals surface area (Å²) in [5, 5.41) is 0.313. The summed E-state index contributed by atoms with van der Waals surface area (Å²) >= 11 is 0. The first kappa shape index (κ1) is 16.5. The average Bonchev–Trinajstić information content (AvgIpc) is 2.43. The summed E-state index contributed by atoms with van der Waals surface area (Å²) in [7, 11) is 2.15. The summed E-state index contributed by atoms with van der Waals surface area (Å²) in [4.78, 5) is 0. The van der Waals surface area contributed by atoms with Crippen LogP contribution in [0.3, 0.4) is 0 Å². The van der Waals surface area contributed by atoms with Crippen molar-refractivity contribution in [3.63, 3.8) is 0 Å². The Hall–Kier alpha value is 0.137. The monoisotopic (exact) mass is 298 g/mol. The Morgan fingerprint density at radius 2 is 1.70 bits per heavy atom. The zero-order valence-corrected chi connectivity index (χ0v) is 15.3. The fourth-order valence-electron chi connectivity index (χ4n) is 5.17. The first-order valence-electron chi connectivity index (χ1n) is 8.58. The third kappa shape index (κ3) is 3.15. The first-order valence-corrected chi connectivity index (χ1v) is 10.1. The van der Waals surface area contributed by atoms with Crippen LogP contribution in [0, 0.1) is 23.7 Å². The van der Waals surface area contributed by atoms with Crippen molar-refractivity contribution in [1.29, 1.82) is 0 Å². The van der Waals surface area contributed by atoms with Crippen molar-refractivity contribution >= 4 is 9.28 Å². The Balaban J connectivity index is 2.11. The van der Waals surface area contributed by atoms with Gasteiger partial charge < -0.3 is 8.85 Å². The highest BCUT2D eigenvalue weighted by atomic mass is 28.3. The quantitative estimate of drug-likeness (QED) is 0.710. The van der Waals surface area contributed by atoms with E-state index in [0.29, 0.717) is 5.04 Å². The molecular formula is C17H34O2Si. The molecule has 0 amide bonds. The van der Waals surface area contributed by atoms with Gasteiger partial charge in [-0.25, -0.2) is 0 Å². The van der Waals surface area contributed by atoms with Gasteiger partial charge in [0, 0.05) is 19.3 Å². The highest BCUT2D eigenvalue weighted by Crippen LogP contribution is 2.55. The van der Waals surface area contributed by atoms with Gasteiger partial charge in [-0.1, -0.05) is 46.5 Å². The molecule has 0 aromatic heterocycles. The predicted molar refractivity (Wildman–Crippen MR) is 87.2 cm³/mol. The largest absolute Gasteiger partial charge is 0.400 e. The molecule has 20 heavy (non-hydrogen) atoms. The van der Waals surface area contributed by atoms with Crippen LogP contribution in [-0.2, 0) is 8.85 Å². The van der Waals surface area contributed by atoms with Crippen LogP contribution in [0.15, 0.2) is 0 Å². The zero-order valence-electron chi connectivity index (χ0n) is 14.2. The molecule has 118 valence electrons. The van der Waals surface area contributed by atoms with Crippen molar-refractivity contribution in [3.05, 3.63) is 0 Å². The second-order valence-electron chi connectivity index (χ2n) is 7.69. The maximum Gasteiger partial charge on any atom is 0.327 e. The topological polar surface area (TPSA) is 18.5 Å². The van der Waals surface area contributed by atoms with Crippen molar-refractivity contribution in [2.75, 3.05) is 14.2 Å². The van der Waals surface area contributed by atoms with Gasteiger partial charge in [-0.2, -0.15) is 0 Å². The van der Waals surface area contributed by atoms with E-state index >= 15 is 0 Å². The van der Waals surface area contributed by atoms with Crippen molar-refractivity contribution in [1.82, 2.24) is 0 Å². The van der Waals surface area contributed by atoms with Crippen LogP contribution in [0.5, 0.6) is 0 Å². The van der Waals surface area contributed by atoms with Crippen LogP contribution < -0.4 is 0 Å². The Labute approximate surface area is 127 Å². The van der Waals surface area contributed by atoms with Crippen molar-refractivity contribution < 1.29 is 8.85 Å². The summed E-state index contributed by atoms with van der Waals surface area (Å²) < 4.78 is 11.6. The first-order chi connectivity index (χ1) is 9.52. The molecule has 0 radical (unpaired) electrons. The van der Waals surface area contributed by atoms with Gasteiger partial charge in [-0.3, -0.25) is 0 Å². The Morgan fingerprint density at radius 3 is 2.30 bits per heavy atom. The molecule has 3 heteroatoms. The molecule has 0 bridgehead atoms. The molecular weight excluding hydrogens is 264 g/mol. The maximum atomic E-state index is 5.79. The van der Waals surface area contributed by atoms with Gasteiger partial charge in [0.2, 0.25) is 0 Å². The Kier molecular flexibility index (Phi) is 5.72. The van der Waals surface area contributed by atoms with E-state index in [1.54, 1.807) is 0 Å². The van der Waals surface area contributed by atoms with E-state index in [2.05, 4.69) is 20.8 Å². The summed E-state index contributed by atoms with van der Waals surface area (Å²) in [5.74, 6) is 3.55. The van der Waals surface area contributed by atoms with Gasteiger partial charge in [-0.15, -0.1) is 0 Å². The van der Waals surface area contributed by atoms with Gasteiger partial charge in [0.1, 0.15) is 0 Å². The predicted octanol–water partition coefficient (Wildman–Crippen LogP) is 4.52. The minimum Gasteiger partial charge on any atom is -0.400 e. The molecule has 0 aromatic carbocycles. The van der Waals surface area contributed by atoms with E-state index in [1.165, 1.54) is 44.9 Å². The second-order valence-corrected chi connectivity index (χ2v) is 10.6. The second kappa shape index (κ2) is 6.93. The van der Waals surface area contributed by atoms with Gasteiger partial charge in [0.25, 0.3) is 0 Å². The van der Waals surface area contributed by atoms with Crippen molar-refractivity contribution in [2.45, 2.75) is 70.8 Å². The normalized spacial score (nSPS) is 42.9. The van der Waals surface area contributed by atoms with Crippen LogP contribution in [0.1, 0.15) is 65.7 Å². The fourth-order valence-corrected chi connectivity index (χ4v) is 7.55. The molecule has 0 aliphatic heterocycles. The Morgan fingerprint density at radius 1 is 1.00 bits per heavy atom. The molecule has 0 heterocycles. The molecule has 2 aliphatic rings. The van der Waals surface area contributed by atoms with E-state index in [1.807, 2.05) is 14.2 Å². The van der Waals surface area contributed by atoms with E-state index in [0.717, 1.165) is 23.7 Å². The van der Waals surface area contributed by atoms with E-state index in [-0.39, 0.29) is 0 Å². The summed E-state index contributed by atoms with van der Waals surface area (Å²) in [5.41, 5.74) is 0. The van der Waals surface area contributed by atoms with Gasteiger partial charge in [0.05, 0.1) is 0 Å². The van der Waals surface area contributed by atoms with Gasteiger partial charge in [-0.05, 0) is 42.9 Å². The van der Waals surface area contributed by atoms with Crippen molar-refractivity contribution in [3.8, 4) is 0 Å². The number of hydrogen-bond acceptors (Lipinski definition) is 2. The summed E-state index contributed by atoms with van der Waals surface area (Å²) in [6.07, 6.45) is 9.91. The lowest BCUT2D eigenvalue weighted by molar-refractivity contribution is 0.0724. The molecule has 2 saturated carbocycles. The molecule has 5 unspecified atom stereocenters. The van der Waals surface area contributed by atoms with E-state index in [9.17, 15) is 0 Å². The maximum absolute atomic E-state index is 5.79. The third-order valence-corrected chi connectivity index (χ3v) is 9.23. The molecule has 2 fully saturated rings. The molecule has 2 rings (SSSR count). The Bertz CT molecular complexity index is 305. The van der Waals surface area contributed by atoms with Gasteiger partial charge in [0.15, 0.2) is 0 Å². The lowest BCUT2D eigenvalue weighted by atomic mass is 9.63. The van der Waals surface area contributed by atoms with Crippen LogP contribution in [0.2, 0.25) is 5.04 Å². The number of hydrogen-bond donors (Lipinski definition) is 0. The summed E-state index contributed by atoms with van der Waals surface area (Å²) in [6, 6.07) is 0.